The SMILES string of the molecule is CCn1c(-c2cc(N3CCN(C)CC3)cnc2C(C)C)c2c3cc(ccc31)-c1cccc(c1)C[C@H](NC(=O)[C@H](C(C)C)N(C)C(=O)OCc1ccccc1)C(=O)N1CCC[C@H](N1)C(=O)OCC(C)(C)C2. The predicted molar refractivity (Wildman–Crippen MR) is 275 cm³/mol. The molecule has 14 heteroatoms. The Morgan fingerprint density at radius 2 is 1.69 bits per heavy atom. The fourth-order valence-electron chi connectivity index (χ4n) is 10.4. The Morgan fingerprint density at radius 1 is 0.943 bits per heavy atom. The molecule has 372 valence electrons. The number of hydrogen-bond donors (Lipinski definition) is 2. The molecular weight excluding hydrogens is 881 g/mol. The third kappa shape index (κ3) is 11.0. The number of carbonyl (C=O) groups excluding carboxylic acids is 4. The number of nitrogens with zero attached hydrogens (tertiary/aromatic N) is 6. The molecule has 3 aliphatic rings. The van der Waals surface area contributed by atoms with Crippen molar-refractivity contribution in [1.82, 2.24) is 35.1 Å². The van der Waals surface area contributed by atoms with Crippen molar-refractivity contribution in [1.29, 1.82) is 0 Å². The predicted octanol–water partition coefficient (Wildman–Crippen LogP) is 8.21. The van der Waals surface area contributed by atoms with E-state index in [-0.39, 0.29) is 37.4 Å². The number of esters is 1. The van der Waals surface area contributed by atoms with E-state index in [1.54, 1.807) is 7.05 Å². The first-order valence-corrected chi connectivity index (χ1v) is 25.2. The molecule has 2 aromatic heterocycles. The lowest BCUT2D eigenvalue weighted by molar-refractivity contribution is -0.155. The molecule has 8 rings (SSSR count). The van der Waals surface area contributed by atoms with Crippen LogP contribution in [0.4, 0.5) is 10.5 Å². The van der Waals surface area contributed by atoms with Gasteiger partial charge in [0.25, 0.3) is 5.91 Å². The summed E-state index contributed by atoms with van der Waals surface area (Å²) in [7, 11) is 3.72. The molecule has 70 heavy (non-hydrogen) atoms. The number of ether oxygens (including phenoxy) is 2. The van der Waals surface area contributed by atoms with Crippen molar-refractivity contribution < 1.29 is 28.7 Å². The average Bonchev–Trinajstić information content (AvgIpc) is 3.65. The molecule has 2 fully saturated rings. The van der Waals surface area contributed by atoms with Crippen molar-refractivity contribution in [2.24, 2.45) is 11.3 Å². The van der Waals surface area contributed by atoms with E-state index in [4.69, 9.17) is 14.5 Å². The van der Waals surface area contributed by atoms with E-state index >= 15 is 0 Å². The van der Waals surface area contributed by atoms with E-state index < -0.39 is 41.5 Å². The van der Waals surface area contributed by atoms with Gasteiger partial charge in [0.2, 0.25) is 5.91 Å². The number of anilines is 1. The Labute approximate surface area is 413 Å². The molecule has 6 bridgehead atoms. The first kappa shape index (κ1) is 50.1. The Hall–Kier alpha value is -6.25. The number of carbonyl (C=O) groups is 4. The fourth-order valence-corrected chi connectivity index (χ4v) is 10.4. The highest BCUT2D eigenvalue weighted by molar-refractivity contribution is 5.96. The summed E-state index contributed by atoms with van der Waals surface area (Å²) in [6.07, 6.45) is 3.22. The van der Waals surface area contributed by atoms with E-state index in [0.29, 0.717) is 25.8 Å². The second-order valence-electron chi connectivity index (χ2n) is 20.9. The Morgan fingerprint density at radius 3 is 2.40 bits per heavy atom. The summed E-state index contributed by atoms with van der Waals surface area (Å²) in [6.45, 7) is 19.7. The maximum Gasteiger partial charge on any atom is 0.410 e. The van der Waals surface area contributed by atoms with Crippen LogP contribution in [0.25, 0.3) is 33.3 Å². The number of benzene rings is 3. The number of aromatic nitrogens is 2. The molecular formula is C56H72N8O6. The summed E-state index contributed by atoms with van der Waals surface area (Å²) >= 11 is 0. The molecule has 5 aromatic rings. The van der Waals surface area contributed by atoms with Crippen LogP contribution in [0.2, 0.25) is 0 Å². The number of aryl methyl sites for hydroxylation is 1. The number of hydrazine groups is 1. The monoisotopic (exact) mass is 953 g/mol. The molecule has 3 aromatic carbocycles. The molecule has 0 unspecified atom stereocenters. The number of nitrogens with one attached hydrogen (secondary N) is 2. The number of amides is 3. The first-order chi connectivity index (χ1) is 33.5. The van der Waals surface area contributed by atoms with Crippen molar-refractivity contribution in [2.45, 2.75) is 111 Å². The zero-order valence-corrected chi connectivity index (χ0v) is 42.6. The van der Waals surface area contributed by atoms with Crippen molar-refractivity contribution in [2.75, 3.05) is 58.3 Å². The highest BCUT2D eigenvalue weighted by atomic mass is 16.6. The maximum absolute atomic E-state index is 14.7. The van der Waals surface area contributed by atoms with Crippen LogP contribution in [0, 0.1) is 11.3 Å². The summed E-state index contributed by atoms with van der Waals surface area (Å²) < 4.78 is 14.3. The number of rotatable bonds is 10. The van der Waals surface area contributed by atoms with Crippen molar-refractivity contribution in [3.63, 3.8) is 0 Å². The van der Waals surface area contributed by atoms with E-state index in [1.165, 1.54) is 15.5 Å². The van der Waals surface area contributed by atoms with Gasteiger partial charge in [0.1, 0.15) is 24.7 Å². The van der Waals surface area contributed by atoms with Crippen LogP contribution < -0.4 is 15.6 Å². The van der Waals surface area contributed by atoms with Gasteiger partial charge in [-0.3, -0.25) is 29.3 Å². The summed E-state index contributed by atoms with van der Waals surface area (Å²) in [6, 6.07) is 23.8. The minimum Gasteiger partial charge on any atom is -0.464 e. The minimum atomic E-state index is -1.04. The van der Waals surface area contributed by atoms with Gasteiger partial charge in [0.05, 0.1) is 29.9 Å². The quantitative estimate of drug-likeness (QED) is 0.132. The van der Waals surface area contributed by atoms with Crippen LogP contribution in [0.5, 0.6) is 0 Å². The van der Waals surface area contributed by atoms with Crippen LogP contribution >= 0.6 is 0 Å². The molecule has 5 heterocycles. The molecule has 14 nitrogen and oxygen atoms in total. The van der Waals surface area contributed by atoms with Crippen LogP contribution in [-0.2, 0) is 49.9 Å². The third-order valence-corrected chi connectivity index (χ3v) is 14.2. The minimum absolute atomic E-state index is 0.0526. The number of fused-ring (bicyclic) bond motifs is 6. The van der Waals surface area contributed by atoms with E-state index in [1.807, 2.05) is 62.5 Å². The Kier molecular flexibility index (Phi) is 15.3. The summed E-state index contributed by atoms with van der Waals surface area (Å²) in [5.74, 6) is -1.46. The lowest BCUT2D eigenvalue weighted by atomic mass is 9.83. The van der Waals surface area contributed by atoms with Gasteiger partial charge in [-0.2, -0.15) is 0 Å². The van der Waals surface area contributed by atoms with Gasteiger partial charge in [-0.05, 0) is 91.1 Å². The number of cyclic esters (lactones) is 1. The van der Waals surface area contributed by atoms with Gasteiger partial charge in [-0.1, -0.05) is 102 Å². The molecule has 2 N–H and O–H groups in total. The zero-order valence-electron chi connectivity index (χ0n) is 42.6. The second kappa shape index (κ2) is 21.4. The van der Waals surface area contributed by atoms with Crippen molar-refractivity contribution in [3.8, 4) is 22.4 Å². The molecule has 3 amide bonds. The number of pyridine rings is 1. The summed E-state index contributed by atoms with van der Waals surface area (Å²) in [4.78, 5) is 68.0. The molecule has 3 aliphatic heterocycles. The summed E-state index contributed by atoms with van der Waals surface area (Å²) in [5, 5.41) is 5.63. The molecule has 0 radical (unpaired) electrons. The molecule has 0 spiro atoms. The van der Waals surface area contributed by atoms with Crippen LogP contribution in [0.3, 0.4) is 0 Å². The van der Waals surface area contributed by atoms with Crippen molar-refractivity contribution >= 4 is 40.5 Å². The van der Waals surface area contributed by atoms with E-state index in [0.717, 1.165) is 88.5 Å². The van der Waals surface area contributed by atoms with E-state index in [2.05, 4.69) is 103 Å². The van der Waals surface area contributed by atoms with Gasteiger partial charge in [0, 0.05) is 74.6 Å². The van der Waals surface area contributed by atoms with Crippen molar-refractivity contribution in [3.05, 3.63) is 107 Å². The van der Waals surface area contributed by atoms with Crippen LogP contribution in [-0.4, -0.2) is 120 Å². The number of piperazine rings is 1. The number of hydrogen-bond acceptors (Lipinski definition) is 10. The summed E-state index contributed by atoms with van der Waals surface area (Å²) in [5.41, 5.74) is 13.1. The highest BCUT2D eigenvalue weighted by Gasteiger charge is 2.38. The van der Waals surface area contributed by atoms with E-state index in [9.17, 15) is 19.2 Å². The van der Waals surface area contributed by atoms with Gasteiger partial charge < -0.3 is 29.2 Å². The van der Waals surface area contributed by atoms with Crippen LogP contribution in [0.1, 0.15) is 89.6 Å². The smallest absolute Gasteiger partial charge is 0.410 e. The largest absolute Gasteiger partial charge is 0.464 e. The fraction of sp³-hybridized carbons (Fsp3) is 0.482. The zero-order chi connectivity index (χ0) is 49.9. The van der Waals surface area contributed by atoms with Gasteiger partial charge in [0.15, 0.2) is 0 Å². The third-order valence-electron chi connectivity index (χ3n) is 14.2. The van der Waals surface area contributed by atoms with Gasteiger partial charge in [-0.25, -0.2) is 10.2 Å². The average molecular weight is 953 g/mol. The standard InChI is InChI=1S/C56H72N8O6/c1-10-63-48-22-21-41-30-43(48)45(51(63)44-31-42(33-57-49(44)36(2)3)62-26-24-60(8)25-27-62)32-56(6,7)35-70-54(67)46-20-15-23-64(59-46)53(66)47(29-39-18-14-19-40(41)28-39)58-52(65)50(37(4)5)61(9)55(68)69-34-38-16-12-11-13-17-38/h11-14,16-19,21-22,28,30-31,33,36-37,46-47,50,59H,10,15,20,23-27,29,32,34-35H2,1-9H3,(H,58,65)/t46-,47-,50-/m0/s1. The highest BCUT2D eigenvalue weighted by Crippen LogP contribution is 2.43. The van der Waals surface area contributed by atoms with Gasteiger partial charge in [-0.15, -0.1) is 0 Å². The molecule has 2 saturated heterocycles. The molecule has 3 atom stereocenters. The second-order valence-corrected chi connectivity index (χ2v) is 20.9. The first-order valence-electron chi connectivity index (χ1n) is 25.2. The lowest BCUT2D eigenvalue weighted by Gasteiger charge is -2.36. The molecule has 0 aliphatic carbocycles. The lowest BCUT2D eigenvalue weighted by Crippen LogP contribution is -2.62. The molecule has 0 saturated carbocycles. The van der Waals surface area contributed by atoms with Gasteiger partial charge >= 0.3 is 12.1 Å². The normalized spacial score (nSPS) is 19.5. The Bertz CT molecular complexity index is 2690. The van der Waals surface area contributed by atoms with Crippen LogP contribution in [0.15, 0.2) is 85.1 Å². The number of likely N-dealkylation sites (N-methyl/N-ethyl adjacent to an activating group) is 2. The topological polar surface area (TPSA) is 142 Å². The maximum atomic E-state index is 14.7. The Balaban J connectivity index is 1.20.